The van der Waals surface area contributed by atoms with E-state index >= 15 is 0 Å². The molecule has 1 saturated heterocycles. The minimum absolute atomic E-state index is 0.0438. The third kappa shape index (κ3) is 5.78. The lowest BCUT2D eigenvalue weighted by Crippen LogP contribution is -2.46. The quantitative estimate of drug-likeness (QED) is 0.285. The number of benzene rings is 2. The topological polar surface area (TPSA) is 46.6 Å². The van der Waals surface area contributed by atoms with E-state index in [1.165, 1.54) is 0 Å². The fraction of sp³-hybridized carbons (Fsp3) is 0.455. The summed E-state index contributed by atoms with van der Waals surface area (Å²) in [5, 5.41) is 0. The number of hydrogen-bond donors (Lipinski definition) is 0. The number of hydrogen-bond acceptors (Lipinski definition) is 3. The maximum absolute atomic E-state index is 13.2. The summed E-state index contributed by atoms with van der Waals surface area (Å²) in [7, 11) is -3.45. The molecule has 0 unspecified atom stereocenters. The number of piperidine rings is 1. The van der Waals surface area contributed by atoms with E-state index in [1.54, 1.807) is 16.4 Å². The van der Waals surface area contributed by atoms with E-state index in [0.29, 0.717) is 28.6 Å². The van der Waals surface area contributed by atoms with Gasteiger partial charge in [-0.2, -0.15) is 4.31 Å². The summed E-state index contributed by atoms with van der Waals surface area (Å²) in [6, 6.07) is 17.3. The number of ether oxygens (including phenoxy) is 1. The summed E-state index contributed by atoms with van der Waals surface area (Å²) < 4.78 is 34.4. The normalized spacial score (nSPS) is 20.9. The second-order valence-corrected chi connectivity index (χ2v) is 11.0. The molecule has 1 fully saturated rings. The minimum atomic E-state index is -3.45. The number of halogens is 1. The van der Waals surface area contributed by atoms with Gasteiger partial charge in [-0.3, -0.25) is 0 Å². The molecular weight excluding hydrogens is 485 g/mol. The molecule has 0 N–H and O–H groups in total. The van der Waals surface area contributed by atoms with Gasteiger partial charge in [0, 0.05) is 23.1 Å². The van der Waals surface area contributed by atoms with Crippen molar-refractivity contribution in [2.75, 3.05) is 13.2 Å². The summed E-state index contributed by atoms with van der Waals surface area (Å²) in [5.74, 6) is 0. The smallest absolute Gasteiger partial charge is 0.243 e. The van der Waals surface area contributed by atoms with E-state index in [9.17, 15) is 8.42 Å². The molecule has 6 heteroatoms. The van der Waals surface area contributed by atoms with Crippen molar-refractivity contribution >= 4 is 32.6 Å². The maximum Gasteiger partial charge on any atom is 0.243 e. The Morgan fingerprint density at radius 1 is 1.11 bits per heavy atom. The average Bonchev–Trinajstić information content (AvgIpc) is 2.69. The Morgan fingerprint density at radius 2 is 1.82 bits per heavy atom. The SMILES string of the molecule is Cc1ccc(S(=O)(=O)N2CC[C@@H](I)C[C@@H]2CCCOCc2ccccc2)cc1. The first-order chi connectivity index (χ1) is 13.5. The van der Waals surface area contributed by atoms with Crippen LogP contribution < -0.4 is 0 Å². The number of alkyl halides is 1. The van der Waals surface area contributed by atoms with Crippen molar-refractivity contribution in [1.82, 2.24) is 4.31 Å². The molecule has 2 aromatic carbocycles. The zero-order chi connectivity index (χ0) is 20.0. The third-order valence-corrected chi connectivity index (χ3v) is 8.26. The van der Waals surface area contributed by atoms with Crippen LogP contribution in [-0.4, -0.2) is 35.8 Å². The lowest BCUT2D eigenvalue weighted by molar-refractivity contribution is 0.110. The first-order valence-electron chi connectivity index (χ1n) is 9.81. The molecule has 2 aromatic rings. The molecule has 28 heavy (non-hydrogen) atoms. The third-order valence-electron chi connectivity index (χ3n) is 5.16. The summed E-state index contributed by atoms with van der Waals surface area (Å²) >= 11 is 2.45. The van der Waals surface area contributed by atoms with Crippen LogP contribution in [0.5, 0.6) is 0 Å². The van der Waals surface area contributed by atoms with Crippen LogP contribution in [0.4, 0.5) is 0 Å². The van der Waals surface area contributed by atoms with Gasteiger partial charge in [-0.25, -0.2) is 8.42 Å². The number of sulfonamides is 1. The largest absolute Gasteiger partial charge is 0.377 e. The van der Waals surface area contributed by atoms with Gasteiger partial charge >= 0.3 is 0 Å². The van der Waals surface area contributed by atoms with Crippen LogP contribution in [0.1, 0.15) is 36.8 Å². The molecule has 0 bridgehead atoms. The highest BCUT2D eigenvalue weighted by molar-refractivity contribution is 14.1. The Kier molecular flexibility index (Phi) is 7.91. The van der Waals surface area contributed by atoms with Crippen molar-refractivity contribution in [2.45, 2.75) is 54.1 Å². The predicted molar refractivity (Wildman–Crippen MR) is 121 cm³/mol. The van der Waals surface area contributed by atoms with Gasteiger partial charge in [-0.05, 0) is 50.3 Å². The molecule has 0 aliphatic carbocycles. The summed E-state index contributed by atoms with van der Waals surface area (Å²) in [4.78, 5) is 0.398. The molecule has 0 radical (unpaired) electrons. The molecular formula is C22H28INO3S. The zero-order valence-electron chi connectivity index (χ0n) is 16.3. The van der Waals surface area contributed by atoms with Crippen molar-refractivity contribution < 1.29 is 13.2 Å². The van der Waals surface area contributed by atoms with Gasteiger partial charge in [0.1, 0.15) is 0 Å². The lowest BCUT2D eigenvalue weighted by Gasteiger charge is -2.37. The van der Waals surface area contributed by atoms with Crippen LogP contribution in [0.3, 0.4) is 0 Å². The van der Waals surface area contributed by atoms with E-state index in [0.717, 1.165) is 36.8 Å². The number of rotatable bonds is 8. The second-order valence-electron chi connectivity index (χ2n) is 7.38. The molecule has 0 aromatic heterocycles. The highest BCUT2D eigenvalue weighted by Gasteiger charge is 2.35. The van der Waals surface area contributed by atoms with Crippen LogP contribution in [0, 0.1) is 6.92 Å². The van der Waals surface area contributed by atoms with Gasteiger partial charge in [0.15, 0.2) is 0 Å². The average molecular weight is 513 g/mol. The molecule has 1 heterocycles. The molecule has 0 amide bonds. The second kappa shape index (κ2) is 10.2. The van der Waals surface area contributed by atoms with E-state index < -0.39 is 10.0 Å². The van der Waals surface area contributed by atoms with Crippen molar-refractivity contribution in [3.63, 3.8) is 0 Å². The number of aryl methyl sites for hydroxylation is 1. The van der Waals surface area contributed by atoms with Gasteiger partial charge in [0.25, 0.3) is 0 Å². The van der Waals surface area contributed by atoms with E-state index in [2.05, 4.69) is 34.7 Å². The molecule has 4 nitrogen and oxygen atoms in total. The first kappa shape index (κ1) is 21.7. The molecule has 1 aliphatic rings. The Morgan fingerprint density at radius 3 is 2.54 bits per heavy atom. The van der Waals surface area contributed by atoms with Crippen LogP contribution in [0.2, 0.25) is 0 Å². The van der Waals surface area contributed by atoms with E-state index in [-0.39, 0.29) is 6.04 Å². The van der Waals surface area contributed by atoms with Gasteiger partial charge in [-0.1, -0.05) is 70.6 Å². The Hall–Kier alpha value is -0.960. The summed E-state index contributed by atoms with van der Waals surface area (Å²) in [6.07, 6.45) is 3.51. The first-order valence-corrected chi connectivity index (χ1v) is 12.5. The van der Waals surface area contributed by atoms with E-state index in [4.69, 9.17) is 4.74 Å². The lowest BCUT2D eigenvalue weighted by atomic mass is 10.0. The van der Waals surface area contributed by atoms with Crippen LogP contribution in [-0.2, 0) is 21.4 Å². The van der Waals surface area contributed by atoms with Crippen molar-refractivity contribution in [1.29, 1.82) is 0 Å². The van der Waals surface area contributed by atoms with Gasteiger partial charge in [-0.15, -0.1) is 0 Å². The van der Waals surface area contributed by atoms with Crippen LogP contribution in [0.25, 0.3) is 0 Å². The Labute approximate surface area is 182 Å². The summed E-state index contributed by atoms with van der Waals surface area (Å²) in [5.41, 5.74) is 2.23. The molecule has 0 saturated carbocycles. The van der Waals surface area contributed by atoms with Gasteiger partial charge in [0.05, 0.1) is 11.5 Å². The highest BCUT2D eigenvalue weighted by Crippen LogP contribution is 2.31. The van der Waals surface area contributed by atoms with Crippen molar-refractivity contribution in [2.24, 2.45) is 0 Å². The van der Waals surface area contributed by atoms with Gasteiger partial charge < -0.3 is 4.74 Å². The molecule has 152 valence electrons. The fourth-order valence-electron chi connectivity index (χ4n) is 3.59. The Bertz CT molecular complexity index is 840. The molecule has 0 spiro atoms. The predicted octanol–water partition coefficient (Wildman–Crippen LogP) is 4.95. The molecule has 2 atom stereocenters. The zero-order valence-corrected chi connectivity index (χ0v) is 19.2. The van der Waals surface area contributed by atoms with E-state index in [1.807, 2.05) is 37.3 Å². The summed E-state index contributed by atoms with van der Waals surface area (Å²) in [6.45, 7) is 3.82. The molecule has 1 aliphatic heterocycles. The van der Waals surface area contributed by atoms with Crippen LogP contribution in [0.15, 0.2) is 59.5 Å². The van der Waals surface area contributed by atoms with Crippen LogP contribution >= 0.6 is 22.6 Å². The van der Waals surface area contributed by atoms with Crippen molar-refractivity contribution in [3.8, 4) is 0 Å². The number of nitrogens with zero attached hydrogens (tertiary/aromatic N) is 1. The highest BCUT2D eigenvalue weighted by atomic mass is 127. The molecule has 3 rings (SSSR count). The van der Waals surface area contributed by atoms with Crippen molar-refractivity contribution in [3.05, 3.63) is 65.7 Å². The monoisotopic (exact) mass is 513 g/mol. The van der Waals surface area contributed by atoms with Gasteiger partial charge in [0.2, 0.25) is 10.0 Å². The Balaban J connectivity index is 1.58. The maximum atomic E-state index is 13.2. The fourth-order valence-corrected chi connectivity index (χ4v) is 6.14. The minimum Gasteiger partial charge on any atom is -0.377 e. The standard InChI is InChI=1S/C22H28INO3S/c1-18-9-11-22(12-10-18)28(25,26)24-14-13-20(23)16-21(24)8-5-15-27-17-19-6-3-2-4-7-19/h2-4,6-7,9-12,20-21H,5,8,13-17H2,1H3/t20-,21+/m1/s1.